The van der Waals surface area contributed by atoms with Crippen molar-refractivity contribution in [3.8, 4) is 11.5 Å². The van der Waals surface area contributed by atoms with Crippen LogP contribution in [0.25, 0.3) is 0 Å². The molecular formula is C18H20N2O4. The van der Waals surface area contributed by atoms with E-state index in [0.717, 1.165) is 0 Å². The lowest BCUT2D eigenvalue weighted by Crippen LogP contribution is -2.22. The number of nitrogens with one attached hydrogen (secondary N) is 2. The summed E-state index contributed by atoms with van der Waals surface area (Å²) in [5.41, 5.74) is 1.78. The first-order valence-electron chi connectivity index (χ1n) is 7.40. The van der Waals surface area contributed by atoms with Crippen molar-refractivity contribution in [1.82, 2.24) is 0 Å². The first-order chi connectivity index (χ1) is 11.5. The number of carbonyl (C=O) groups is 2. The Balaban J connectivity index is 2.01. The van der Waals surface area contributed by atoms with Crippen molar-refractivity contribution in [3.63, 3.8) is 0 Å². The largest absolute Gasteiger partial charge is 0.497 e. The van der Waals surface area contributed by atoms with Crippen LogP contribution in [0.3, 0.4) is 0 Å². The molecule has 0 radical (unpaired) electrons. The molecule has 2 rings (SSSR count). The lowest BCUT2D eigenvalue weighted by molar-refractivity contribution is -0.114. The lowest BCUT2D eigenvalue weighted by atomic mass is 10.1. The maximum Gasteiger partial charge on any atom is 0.243 e. The quantitative estimate of drug-likeness (QED) is 0.764. The van der Waals surface area contributed by atoms with Gasteiger partial charge in [0.25, 0.3) is 0 Å². The predicted molar refractivity (Wildman–Crippen MR) is 93.1 cm³/mol. The zero-order chi connectivity index (χ0) is 17.5. The molecule has 0 atom stereocenters. The highest BCUT2D eigenvalue weighted by Gasteiger charge is 2.08. The summed E-state index contributed by atoms with van der Waals surface area (Å²) >= 11 is 0. The third-order valence-corrected chi connectivity index (χ3v) is 3.40. The van der Waals surface area contributed by atoms with Gasteiger partial charge < -0.3 is 20.1 Å². The average Bonchev–Trinajstić information content (AvgIpc) is 2.59. The Hall–Kier alpha value is -3.02. The molecule has 24 heavy (non-hydrogen) atoms. The summed E-state index contributed by atoms with van der Waals surface area (Å²) in [6, 6.07) is 12.1. The second kappa shape index (κ2) is 8.01. The number of carbonyl (C=O) groups excluding carboxylic acids is 2. The van der Waals surface area contributed by atoms with Gasteiger partial charge in [0.15, 0.2) is 5.78 Å². The number of amides is 1. The van der Waals surface area contributed by atoms with Gasteiger partial charge in [-0.3, -0.25) is 9.59 Å². The highest BCUT2D eigenvalue weighted by atomic mass is 16.5. The first-order valence-corrected chi connectivity index (χ1v) is 7.40. The van der Waals surface area contributed by atoms with Crippen LogP contribution in [0, 0.1) is 0 Å². The van der Waals surface area contributed by atoms with E-state index in [4.69, 9.17) is 9.47 Å². The third kappa shape index (κ3) is 4.49. The summed E-state index contributed by atoms with van der Waals surface area (Å²) in [5, 5.41) is 5.76. The van der Waals surface area contributed by atoms with Crippen LogP contribution >= 0.6 is 0 Å². The van der Waals surface area contributed by atoms with Crippen LogP contribution in [0.5, 0.6) is 11.5 Å². The minimum Gasteiger partial charge on any atom is -0.497 e. The summed E-state index contributed by atoms with van der Waals surface area (Å²) in [7, 11) is 3.13. The summed E-state index contributed by atoms with van der Waals surface area (Å²) in [5.74, 6) is 0.987. The van der Waals surface area contributed by atoms with Gasteiger partial charge in [0.05, 0.1) is 26.5 Å². The van der Waals surface area contributed by atoms with Crippen LogP contribution in [-0.4, -0.2) is 32.5 Å². The van der Waals surface area contributed by atoms with Gasteiger partial charge in [-0.25, -0.2) is 0 Å². The molecule has 6 heteroatoms. The fourth-order valence-electron chi connectivity index (χ4n) is 2.15. The van der Waals surface area contributed by atoms with Crippen molar-refractivity contribution in [2.24, 2.45) is 0 Å². The van der Waals surface area contributed by atoms with Gasteiger partial charge in [0.2, 0.25) is 5.91 Å². The van der Waals surface area contributed by atoms with E-state index in [0.29, 0.717) is 28.4 Å². The van der Waals surface area contributed by atoms with Gasteiger partial charge in [-0.1, -0.05) is 12.1 Å². The van der Waals surface area contributed by atoms with Crippen molar-refractivity contribution in [3.05, 3.63) is 48.0 Å². The van der Waals surface area contributed by atoms with Gasteiger partial charge in [-0.05, 0) is 31.2 Å². The van der Waals surface area contributed by atoms with Gasteiger partial charge in [-0.15, -0.1) is 0 Å². The molecule has 0 saturated heterocycles. The number of anilines is 2. The molecule has 6 nitrogen and oxygen atoms in total. The van der Waals surface area contributed by atoms with Crippen LogP contribution < -0.4 is 20.1 Å². The molecule has 0 aliphatic heterocycles. The number of Topliss-reactive ketones (excluding diaryl/α,β-unsaturated/α-hetero) is 1. The molecule has 0 aliphatic carbocycles. The molecular weight excluding hydrogens is 308 g/mol. The minimum atomic E-state index is -0.236. The normalized spacial score (nSPS) is 9.96. The van der Waals surface area contributed by atoms with Crippen LogP contribution in [0.1, 0.15) is 17.3 Å². The fourth-order valence-corrected chi connectivity index (χ4v) is 2.15. The standard InChI is InChI=1S/C18H20N2O4/c1-12(21)13-5-4-6-14(9-13)20-18(22)11-19-16-10-15(23-2)7-8-17(16)24-3/h4-10,19H,11H2,1-3H3,(H,20,22). The minimum absolute atomic E-state index is 0.0494. The Labute approximate surface area is 140 Å². The Morgan fingerprint density at radius 3 is 2.50 bits per heavy atom. The summed E-state index contributed by atoms with van der Waals surface area (Å²) in [4.78, 5) is 23.5. The van der Waals surface area contributed by atoms with Crippen molar-refractivity contribution >= 4 is 23.1 Å². The lowest BCUT2D eigenvalue weighted by Gasteiger charge is -2.13. The molecule has 0 spiro atoms. The molecule has 2 aromatic carbocycles. The Bertz CT molecular complexity index is 744. The number of hydrogen-bond donors (Lipinski definition) is 2. The van der Waals surface area contributed by atoms with Crippen molar-refractivity contribution in [1.29, 1.82) is 0 Å². The zero-order valence-electron chi connectivity index (χ0n) is 13.9. The molecule has 0 aliphatic rings. The highest BCUT2D eigenvalue weighted by Crippen LogP contribution is 2.28. The highest BCUT2D eigenvalue weighted by molar-refractivity contribution is 5.98. The van der Waals surface area contributed by atoms with Crippen molar-refractivity contribution in [2.45, 2.75) is 6.92 Å². The van der Waals surface area contributed by atoms with E-state index in [1.807, 2.05) is 0 Å². The molecule has 0 aromatic heterocycles. The van der Waals surface area contributed by atoms with Gasteiger partial charge in [0, 0.05) is 17.3 Å². The van der Waals surface area contributed by atoms with E-state index in [1.165, 1.54) is 6.92 Å². The number of methoxy groups -OCH3 is 2. The molecule has 0 fully saturated rings. The van der Waals surface area contributed by atoms with E-state index >= 15 is 0 Å². The summed E-state index contributed by atoms with van der Waals surface area (Å²) < 4.78 is 10.4. The summed E-state index contributed by atoms with van der Waals surface area (Å²) in [6.07, 6.45) is 0. The van der Waals surface area contributed by atoms with Crippen molar-refractivity contribution in [2.75, 3.05) is 31.4 Å². The molecule has 126 valence electrons. The molecule has 2 aromatic rings. The fraction of sp³-hybridized carbons (Fsp3) is 0.222. The topological polar surface area (TPSA) is 76.7 Å². The summed E-state index contributed by atoms with van der Waals surface area (Å²) in [6.45, 7) is 1.53. The van der Waals surface area contributed by atoms with Crippen LogP contribution in [-0.2, 0) is 4.79 Å². The maximum absolute atomic E-state index is 12.1. The maximum atomic E-state index is 12.1. The number of benzene rings is 2. The predicted octanol–water partition coefficient (Wildman–Crippen LogP) is 2.96. The second-order valence-electron chi connectivity index (χ2n) is 5.10. The van der Waals surface area contributed by atoms with Crippen LogP contribution in [0.4, 0.5) is 11.4 Å². The van der Waals surface area contributed by atoms with Crippen LogP contribution in [0.2, 0.25) is 0 Å². The van der Waals surface area contributed by atoms with Crippen LogP contribution in [0.15, 0.2) is 42.5 Å². The SMILES string of the molecule is COc1ccc(OC)c(NCC(=O)Nc2cccc(C(C)=O)c2)c1. The number of ether oxygens (including phenoxy) is 2. The number of ketones is 1. The molecule has 0 unspecified atom stereocenters. The average molecular weight is 328 g/mol. The molecule has 0 heterocycles. The van der Waals surface area contributed by atoms with Gasteiger partial charge in [0.1, 0.15) is 11.5 Å². The van der Waals surface area contributed by atoms with E-state index in [1.54, 1.807) is 56.7 Å². The zero-order valence-corrected chi connectivity index (χ0v) is 13.9. The second-order valence-corrected chi connectivity index (χ2v) is 5.10. The molecule has 0 saturated carbocycles. The van der Waals surface area contributed by atoms with E-state index in [2.05, 4.69) is 10.6 Å². The van der Waals surface area contributed by atoms with Gasteiger partial charge in [-0.2, -0.15) is 0 Å². The molecule has 2 N–H and O–H groups in total. The van der Waals surface area contributed by atoms with E-state index < -0.39 is 0 Å². The Morgan fingerprint density at radius 2 is 1.83 bits per heavy atom. The van der Waals surface area contributed by atoms with Gasteiger partial charge >= 0.3 is 0 Å². The smallest absolute Gasteiger partial charge is 0.243 e. The Morgan fingerprint density at radius 1 is 1.04 bits per heavy atom. The Kier molecular flexibility index (Phi) is 5.78. The number of rotatable bonds is 7. The number of hydrogen-bond acceptors (Lipinski definition) is 5. The van der Waals surface area contributed by atoms with E-state index in [-0.39, 0.29) is 18.2 Å². The molecule has 0 bridgehead atoms. The third-order valence-electron chi connectivity index (χ3n) is 3.40. The van der Waals surface area contributed by atoms with Crippen molar-refractivity contribution < 1.29 is 19.1 Å². The first kappa shape index (κ1) is 17.3. The molecule has 1 amide bonds. The monoisotopic (exact) mass is 328 g/mol. The van der Waals surface area contributed by atoms with E-state index in [9.17, 15) is 9.59 Å².